The van der Waals surface area contributed by atoms with Crippen molar-refractivity contribution in [3.8, 4) is 0 Å². The highest BCUT2D eigenvalue weighted by Crippen LogP contribution is 2.30. The SMILES string of the molecule is Cc1c(C(=O)NC(C)c2ccc(S(N)(=O)=O)cc2)sc2ccccc12. The summed E-state index contributed by atoms with van der Waals surface area (Å²) in [5, 5.41) is 9.15. The molecule has 5 nitrogen and oxygen atoms in total. The van der Waals surface area contributed by atoms with Gasteiger partial charge in [0.2, 0.25) is 10.0 Å². The van der Waals surface area contributed by atoms with Gasteiger partial charge in [-0.05, 0) is 48.6 Å². The molecule has 3 N–H and O–H groups in total. The van der Waals surface area contributed by atoms with E-state index in [1.807, 2.05) is 38.1 Å². The molecular weight excluding hydrogens is 356 g/mol. The highest BCUT2D eigenvalue weighted by molar-refractivity contribution is 7.89. The molecule has 0 spiro atoms. The van der Waals surface area contributed by atoms with Gasteiger partial charge in [-0.25, -0.2) is 13.6 Å². The van der Waals surface area contributed by atoms with Crippen LogP contribution in [-0.2, 0) is 10.0 Å². The van der Waals surface area contributed by atoms with Gasteiger partial charge < -0.3 is 5.32 Å². The molecule has 7 heteroatoms. The number of benzene rings is 2. The zero-order chi connectivity index (χ0) is 18.2. The number of primary sulfonamides is 1. The lowest BCUT2D eigenvalue weighted by Gasteiger charge is -2.14. The van der Waals surface area contributed by atoms with Crippen LogP contribution in [0.15, 0.2) is 53.4 Å². The van der Waals surface area contributed by atoms with Crippen LogP contribution < -0.4 is 10.5 Å². The van der Waals surface area contributed by atoms with Crippen LogP contribution in [0.1, 0.15) is 33.8 Å². The van der Waals surface area contributed by atoms with Crippen molar-refractivity contribution in [2.45, 2.75) is 24.8 Å². The van der Waals surface area contributed by atoms with Crippen LogP contribution in [0.5, 0.6) is 0 Å². The summed E-state index contributed by atoms with van der Waals surface area (Å²) >= 11 is 1.47. The van der Waals surface area contributed by atoms with Crippen LogP contribution in [0.25, 0.3) is 10.1 Å². The number of thiophene rings is 1. The fourth-order valence-corrected chi connectivity index (χ4v) is 4.31. The monoisotopic (exact) mass is 374 g/mol. The lowest BCUT2D eigenvalue weighted by atomic mass is 10.1. The Kier molecular flexibility index (Phi) is 4.64. The zero-order valence-corrected chi connectivity index (χ0v) is 15.4. The molecule has 1 heterocycles. The van der Waals surface area contributed by atoms with Gasteiger partial charge in [0.1, 0.15) is 0 Å². The van der Waals surface area contributed by atoms with Gasteiger partial charge in [-0.3, -0.25) is 4.79 Å². The molecule has 3 rings (SSSR count). The predicted molar refractivity (Wildman–Crippen MR) is 100 cm³/mol. The number of hydrogen-bond donors (Lipinski definition) is 2. The molecule has 2 aromatic carbocycles. The van der Waals surface area contributed by atoms with Crippen molar-refractivity contribution in [1.29, 1.82) is 0 Å². The summed E-state index contributed by atoms with van der Waals surface area (Å²) in [5.74, 6) is -0.137. The van der Waals surface area contributed by atoms with Gasteiger partial charge in [0.25, 0.3) is 5.91 Å². The average molecular weight is 374 g/mol. The molecule has 25 heavy (non-hydrogen) atoms. The average Bonchev–Trinajstić information content (AvgIpc) is 2.91. The number of sulfonamides is 1. The van der Waals surface area contributed by atoms with Crippen molar-refractivity contribution < 1.29 is 13.2 Å². The van der Waals surface area contributed by atoms with Crippen LogP contribution in [-0.4, -0.2) is 14.3 Å². The molecule has 0 radical (unpaired) electrons. The maximum atomic E-state index is 12.6. The first-order chi connectivity index (χ1) is 11.8. The van der Waals surface area contributed by atoms with Crippen molar-refractivity contribution in [2.75, 3.05) is 0 Å². The first-order valence-electron chi connectivity index (χ1n) is 7.69. The number of aryl methyl sites for hydroxylation is 1. The number of carbonyl (C=O) groups is 1. The first-order valence-corrected chi connectivity index (χ1v) is 10.1. The summed E-state index contributed by atoms with van der Waals surface area (Å²) in [6.45, 7) is 3.80. The number of nitrogens with two attached hydrogens (primary N) is 1. The van der Waals surface area contributed by atoms with Crippen molar-refractivity contribution >= 4 is 37.4 Å². The topological polar surface area (TPSA) is 89.3 Å². The zero-order valence-electron chi connectivity index (χ0n) is 13.8. The summed E-state index contributed by atoms with van der Waals surface area (Å²) < 4.78 is 23.7. The van der Waals surface area contributed by atoms with E-state index in [9.17, 15) is 13.2 Å². The Hall–Kier alpha value is -2.22. The molecule has 0 bridgehead atoms. The molecule has 3 aromatic rings. The third kappa shape index (κ3) is 3.58. The first kappa shape index (κ1) is 17.6. The fourth-order valence-electron chi connectivity index (χ4n) is 2.68. The van der Waals surface area contributed by atoms with Crippen LogP contribution in [0, 0.1) is 6.92 Å². The van der Waals surface area contributed by atoms with Crippen molar-refractivity contribution in [3.63, 3.8) is 0 Å². The lowest BCUT2D eigenvalue weighted by Crippen LogP contribution is -2.26. The molecule has 1 atom stereocenters. The minimum atomic E-state index is -3.72. The van der Waals surface area contributed by atoms with E-state index in [-0.39, 0.29) is 16.8 Å². The van der Waals surface area contributed by atoms with E-state index in [0.29, 0.717) is 4.88 Å². The number of hydrogen-bond acceptors (Lipinski definition) is 4. The Morgan fingerprint density at radius 2 is 1.76 bits per heavy atom. The minimum Gasteiger partial charge on any atom is -0.345 e. The maximum Gasteiger partial charge on any atom is 0.262 e. The third-order valence-electron chi connectivity index (χ3n) is 4.11. The van der Waals surface area contributed by atoms with Crippen LogP contribution >= 0.6 is 11.3 Å². The normalized spacial score (nSPS) is 12.9. The molecule has 0 fully saturated rings. The molecule has 0 saturated carbocycles. The molecule has 1 aromatic heterocycles. The Bertz CT molecular complexity index is 1040. The van der Waals surface area contributed by atoms with E-state index in [1.165, 1.54) is 23.5 Å². The molecule has 1 unspecified atom stereocenters. The number of fused-ring (bicyclic) bond motifs is 1. The Balaban J connectivity index is 1.81. The summed E-state index contributed by atoms with van der Waals surface area (Å²) in [7, 11) is -3.72. The van der Waals surface area contributed by atoms with Gasteiger partial charge in [0.15, 0.2) is 0 Å². The summed E-state index contributed by atoms with van der Waals surface area (Å²) in [5.41, 5.74) is 1.77. The van der Waals surface area contributed by atoms with Crippen LogP contribution in [0.2, 0.25) is 0 Å². The summed E-state index contributed by atoms with van der Waals surface area (Å²) in [4.78, 5) is 13.4. The predicted octanol–water partition coefficient (Wildman–Crippen LogP) is 3.35. The van der Waals surface area contributed by atoms with Crippen molar-refractivity contribution in [3.05, 3.63) is 64.5 Å². The van der Waals surface area contributed by atoms with E-state index in [1.54, 1.807) is 12.1 Å². The minimum absolute atomic E-state index is 0.0510. The van der Waals surface area contributed by atoms with Gasteiger partial charge in [0.05, 0.1) is 15.8 Å². The third-order valence-corrected chi connectivity index (χ3v) is 6.31. The Labute approximate surface area is 150 Å². The van der Waals surface area contributed by atoms with E-state index in [4.69, 9.17) is 5.14 Å². The van der Waals surface area contributed by atoms with Gasteiger partial charge in [0, 0.05) is 4.70 Å². The summed E-state index contributed by atoms with van der Waals surface area (Å²) in [6.07, 6.45) is 0. The quantitative estimate of drug-likeness (QED) is 0.734. The second-order valence-electron chi connectivity index (χ2n) is 5.86. The van der Waals surface area contributed by atoms with E-state index in [2.05, 4.69) is 5.32 Å². The van der Waals surface area contributed by atoms with E-state index in [0.717, 1.165) is 21.2 Å². The standard InChI is InChI=1S/C18H18N2O3S2/c1-11-15-5-3-4-6-16(15)24-17(11)18(21)20-12(2)13-7-9-14(10-8-13)25(19,22)23/h3-10,12H,1-2H3,(H,20,21)(H2,19,22,23). The van der Waals surface area contributed by atoms with Gasteiger partial charge >= 0.3 is 0 Å². The van der Waals surface area contributed by atoms with Crippen LogP contribution in [0.4, 0.5) is 0 Å². The molecule has 0 aliphatic heterocycles. The molecule has 0 saturated heterocycles. The number of amides is 1. The maximum absolute atomic E-state index is 12.6. The molecule has 0 aliphatic carbocycles. The largest absolute Gasteiger partial charge is 0.345 e. The number of rotatable bonds is 4. The summed E-state index contributed by atoms with van der Waals surface area (Å²) in [6, 6.07) is 13.9. The highest BCUT2D eigenvalue weighted by Gasteiger charge is 2.18. The second kappa shape index (κ2) is 6.59. The van der Waals surface area contributed by atoms with Gasteiger partial charge in [-0.1, -0.05) is 30.3 Å². The second-order valence-corrected chi connectivity index (χ2v) is 8.48. The molecule has 130 valence electrons. The van der Waals surface area contributed by atoms with E-state index < -0.39 is 10.0 Å². The Morgan fingerprint density at radius 1 is 1.12 bits per heavy atom. The number of carbonyl (C=O) groups excluding carboxylic acids is 1. The Morgan fingerprint density at radius 3 is 2.36 bits per heavy atom. The number of nitrogens with one attached hydrogen (secondary N) is 1. The molecule has 0 aliphatic rings. The van der Waals surface area contributed by atoms with Gasteiger partial charge in [-0.2, -0.15) is 0 Å². The van der Waals surface area contributed by atoms with E-state index >= 15 is 0 Å². The fraction of sp³-hybridized carbons (Fsp3) is 0.167. The van der Waals surface area contributed by atoms with Gasteiger partial charge in [-0.15, -0.1) is 11.3 Å². The van der Waals surface area contributed by atoms with Crippen molar-refractivity contribution in [2.24, 2.45) is 5.14 Å². The molecular formula is C18H18N2O3S2. The molecule has 1 amide bonds. The van der Waals surface area contributed by atoms with Crippen LogP contribution in [0.3, 0.4) is 0 Å². The van der Waals surface area contributed by atoms with Crippen molar-refractivity contribution in [1.82, 2.24) is 5.32 Å². The smallest absolute Gasteiger partial charge is 0.262 e. The highest BCUT2D eigenvalue weighted by atomic mass is 32.2. The lowest BCUT2D eigenvalue weighted by molar-refractivity contribution is 0.0943.